The number of alkyl halides is 1. The number of carbonyl (C=O) groups excluding carboxylic acids is 2. The molecular weight excluding hydrogens is 352 g/mol. The van der Waals surface area contributed by atoms with E-state index in [9.17, 15) is 9.59 Å². The Bertz CT molecular complexity index is 609. The molecule has 23 heavy (non-hydrogen) atoms. The first-order chi connectivity index (χ1) is 10.8. The third-order valence-corrected chi connectivity index (χ3v) is 9.57. The van der Waals surface area contributed by atoms with Gasteiger partial charge in [-0.2, -0.15) is 0 Å². The molecule has 0 N–H and O–H groups in total. The zero-order valence-corrected chi connectivity index (χ0v) is 16.0. The Morgan fingerprint density at radius 1 is 1.09 bits per heavy atom. The number of halogens is 1. The van der Waals surface area contributed by atoms with E-state index in [1.54, 1.807) is 0 Å². The van der Waals surface area contributed by atoms with E-state index in [1.165, 1.54) is 12.0 Å². The molecule has 0 aromatic rings. The van der Waals surface area contributed by atoms with Gasteiger partial charge in [0, 0.05) is 11.8 Å². The molecule has 3 heteroatoms. The van der Waals surface area contributed by atoms with E-state index in [-0.39, 0.29) is 21.4 Å². The molecule has 0 saturated heterocycles. The van der Waals surface area contributed by atoms with Crippen LogP contribution in [0.1, 0.15) is 59.3 Å². The van der Waals surface area contributed by atoms with Crippen LogP contribution < -0.4 is 0 Å². The van der Waals surface area contributed by atoms with Gasteiger partial charge in [-0.15, -0.1) is 0 Å². The largest absolute Gasteiger partial charge is 0.299 e. The van der Waals surface area contributed by atoms with E-state index < -0.39 is 0 Å². The van der Waals surface area contributed by atoms with E-state index in [1.807, 2.05) is 6.08 Å². The molecule has 3 saturated carbocycles. The fourth-order valence-electron chi connectivity index (χ4n) is 6.69. The second-order valence-corrected chi connectivity index (χ2v) is 9.87. The average Bonchev–Trinajstić information content (AvgIpc) is 2.83. The van der Waals surface area contributed by atoms with Crippen LogP contribution in [0.4, 0.5) is 0 Å². The number of ketones is 2. The van der Waals surface area contributed by atoms with Crippen LogP contribution in [0.25, 0.3) is 0 Å². The van der Waals surface area contributed by atoms with Gasteiger partial charge >= 0.3 is 0 Å². The minimum atomic E-state index is -0.0553. The van der Waals surface area contributed by atoms with Crippen LogP contribution in [0.15, 0.2) is 11.6 Å². The van der Waals surface area contributed by atoms with Crippen LogP contribution >= 0.6 is 15.9 Å². The first-order valence-electron chi connectivity index (χ1n) is 9.22. The van der Waals surface area contributed by atoms with Crippen LogP contribution in [0.3, 0.4) is 0 Å². The number of carbonyl (C=O) groups is 2. The fraction of sp³-hybridized carbons (Fsp3) is 0.800. The minimum Gasteiger partial charge on any atom is -0.299 e. The van der Waals surface area contributed by atoms with Crippen molar-refractivity contribution in [3.8, 4) is 0 Å². The van der Waals surface area contributed by atoms with Crippen molar-refractivity contribution in [2.45, 2.75) is 64.1 Å². The Labute approximate surface area is 147 Å². The Hall–Kier alpha value is -0.440. The summed E-state index contributed by atoms with van der Waals surface area (Å²) in [5.74, 6) is 2.97. The molecule has 0 unspecified atom stereocenters. The number of rotatable bonds is 0. The first kappa shape index (κ1) is 16.1. The highest BCUT2D eigenvalue weighted by Gasteiger charge is 2.61. The lowest BCUT2D eigenvalue weighted by Crippen LogP contribution is -2.55. The van der Waals surface area contributed by atoms with Crippen molar-refractivity contribution in [1.82, 2.24) is 0 Å². The first-order valence-corrected chi connectivity index (χ1v) is 10.1. The van der Waals surface area contributed by atoms with E-state index in [2.05, 4.69) is 36.7 Å². The van der Waals surface area contributed by atoms with Gasteiger partial charge in [0.1, 0.15) is 5.78 Å². The molecule has 0 radical (unpaired) electrons. The van der Waals surface area contributed by atoms with E-state index in [0.29, 0.717) is 29.5 Å². The highest BCUT2D eigenvalue weighted by molar-refractivity contribution is 9.10. The lowest BCUT2D eigenvalue weighted by molar-refractivity contribution is -0.133. The Morgan fingerprint density at radius 2 is 1.83 bits per heavy atom. The summed E-state index contributed by atoms with van der Waals surface area (Å²) in [6.45, 7) is 6.89. The fourth-order valence-corrected chi connectivity index (χ4v) is 7.38. The number of fused-ring (bicyclic) bond motifs is 5. The molecular formula is C20H27BrO2. The van der Waals surface area contributed by atoms with Crippen molar-refractivity contribution in [3.63, 3.8) is 0 Å². The number of allylic oxidation sites excluding steroid dienone is 1. The van der Waals surface area contributed by atoms with Gasteiger partial charge in [0.05, 0.1) is 4.83 Å². The number of hydrogen-bond acceptors (Lipinski definition) is 2. The van der Waals surface area contributed by atoms with E-state index >= 15 is 0 Å². The summed E-state index contributed by atoms with van der Waals surface area (Å²) >= 11 is 3.66. The zero-order valence-electron chi connectivity index (χ0n) is 14.4. The summed E-state index contributed by atoms with van der Waals surface area (Å²) in [6, 6.07) is 0. The molecule has 0 spiro atoms. The average molecular weight is 379 g/mol. The lowest BCUT2D eigenvalue weighted by Gasteiger charge is -2.59. The molecule has 4 rings (SSSR count). The predicted molar refractivity (Wildman–Crippen MR) is 94.4 cm³/mol. The van der Waals surface area contributed by atoms with Crippen LogP contribution in [-0.4, -0.2) is 16.4 Å². The maximum Gasteiger partial charge on any atom is 0.169 e. The van der Waals surface area contributed by atoms with Crippen LogP contribution in [-0.2, 0) is 9.59 Å². The summed E-state index contributed by atoms with van der Waals surface area (Å²) < 4.78 is 0. The Balaban J connectivity index is 1.75. The third kappa shape index (κ3) is 1.92. The van der Waals surface area contributed by atoms with Crippen molar-refractivity contribution in [2.24, 2.45) is 34.5 Å². The molecule has 0 aliphatic heterocycles. The predicted octanol–water partition coefficient (Wildman–Crippen LogP) is 4.71. The summed E-state index contributed by atoms with van der Waals surface area (Å²) in [4.78, 5) is 24.7. The molecule has 0 heterocycles. The van der Waals surface area contributed by atoms with Crippen molar-refractivity contribution in [1.29, 1.82) is 0 Å². The van der Waals surface area contributed by atoms with Crippen LogP contribution in [0.2, 0.25) is 0 Å². The number of hydrogen-bond donors (Lipinski definition) is 0. The standard InChI is InChI=1S/C20H27BrO2/c1-11-18(21)16(22)10-12-4-5-13-14-6-7-17(23)19(14,2)9-8-15(13)20(11,12)3/h10-11,13-15,18H,4-9H2,1-3H3/t11-,13-,14-,15-,18+,19-,20-/m0/s1. The second-order valence-electron chi connectivity index (χ2n) is 8.88. The van der Waals surface area contributed by atoms with Gasteiger partial charge in [0.25, 0.3) is 0 Å². The molecule has 2 nitrogen and oxygen atoms in total. The summed E-state index contributed by atoms with van der Waals surface area (Å²) in [5, 5.41) is 0. The second kappa shape index (κ2) is 5.03. The molecule has 0 amide bonds. The van der Waals surface area contributed by atoms with Crippen molar-refractivity contribution in [2.75, 3.05) is 0 Å². The quantitative estimate of drug-likeness (QED) is 0.572. The normalized spacial score (nSPS) is 52.5. The molecule has 0 aromatic heterocycles. The summed E-state index contributed by atoms with van der Waals surface area (Å²) in [7, 11) is 0. The highest BCUT2D eigenvalue weighted by Crippen LogP contribution is 2.65. The molecule has 0 bridgehead atoms. The smallest absolute Gasteiger partial charge is 0.169 e. The number of Topliss-reactive ketones (excluding diaryl/α,β-unsaturated/α-hetero) is 1. The molecule has 4 aliphatic rings. The van der Waals surface area contributed by atoms with E-state index in [0.717, 1.165) is 32.1 Å². The summed E-state index contributed by atoms with van der Waals surface area (Å²) in [6.07, 6.45) is 8.25. The van der Waals surface area contributed by atoms with E-state index in [4.69, 9.17) is 0 Å². The molecule has 126 valence electrons. The molecule has 4 aliphatic carbocycles. The highest BCUT2D eigenvalue weighted by atomic mass is 79.9. The van der Waals surface area contributed by atoms with Crippen molar-refractivity contribution >= 4 is 27.5 Å². The van der Waals surface area contributed by atoms with Gasteiger partial charge in [-0.25, -0.2) is 0 Å². The van der Waals surface area contributed by atoms with Crippen LogP contribution in [0, 0.1) is 34.5 Å². The minimum absolute atomic E-state index is 0.0477. The zero-order chi connectivity index (χ0) is 16.6. The topological polar surface area (TPSA) is 34.1 Å². The van der Waals surface area contributed by atoms with Gasteiger partial charge < -0.3 is 0 Å². The van der Waals surface area contributed by atoms with Gasteiger partial charge in [-0.3, -0.25) is 9.59 Å². The lowest BCUT2D eigenvalue weighted by atomic mass is 9.45. The Morgan fingerprint density at radius 3 is 2.57 bits per heavy atom. The van der Waals surface area contributed by atoms with Crippen molar-refractivity contribution in [3.05, 3.63) is 11.6 Å². The van der Waals surface area contributed by atoms with Crippen molar-refractivity contribution < 1.29 is 9.59 Å². The molecule has 0 aromatic carbocycles. The van der Waals surface area contributed by atoms with Crippen LogP contribution in [0.5, 0.6) is 0 Å². The molecule has 7 atom stereocenters. The summed E-state index contributed by atoms with van der Waals surface area (Å²) in [5.41, 5.74) is 1.46. The monoisotopic (exact) mass is 378 g/mol. The SMILES string of the molecule is C[C@H]1[C@@H](Br)C(=O)C=C2CC[C@@H]3[C@H](CC[C@]4(C)C(=O)CC[C@@H]34)[C@]21C. The van der Waals surface area contributed by atoms with Gasteiger partial charge in [0.2, 0.25) is 0 Å². The third-order valence-electron chi connectivity index (χ3n) is 8.33. The Kier molecular flexibility index (Phi) is 3.51. The maximum atomic E-state index is 12.5. The van der Waals surface area contributed by atoms with Gasteiger partial charge in [0.15, 0.2) is 5.78 Å². The van der Waals surface area contributed by atoms with Gasteiger partial charge in [-0.05, 0) is 67.3 Å². The molecule has 3 fully saturated rings. The van der Waals surface area contributed by atoms with Gasteiger partial charge in [-0.1, -0.05) is 42.3 Å². The maximum absolute atomic E-state index is 12.5.